The number of aliphatic hydroxyl groups is 1. The van der Waals surface area contributed by atoms with Crippen LogP contribution in [0.2, 0.25) is 0 Å². The van der Waals surface area contributed by atoms with E-state index in [-0.39, 0.29) is 5.82 Å². The van der Waals surface area contributed by atoms with Gasteiger partial charge in [0, 0.05) is 23.9 Å². The monoisotopic (exact) mass is 252 g/mol. The molecular formula is C12H13FN2OS. The van der Waals surface area contributed by atoms with Crippen molar-refractivity contribution in [2.75, 3.05) is 5.75 Å². The Balaban J connectivity index is 1.92. The Morgan fingerprint density at radius 3 is 2.71 bits per heavy atom. The zero-order valence-corrected chi connectivity index (χ0v) is 10.2. The van der Waals surface area contributed by atoms with Gasteiger partial charge in [-0.1, -0.05) is 0 Å². The molecule has 0 spiro atoms. The summed E-state index contributed by atoms with van der Waals surface area (Å²) in [5.74, 6) is 0.252. The summed E-state index contributed by atoms with van der Waals surface area (Å²) in [5.41, 5.74) is 0.655. The number of aromatic nitrogens is 2. The van der Waals surface area contributed by atoms with Crippen molar-refractivity contribution in [3.05, 3.63) is 48.3 Å². The van der Waals surface area contributed by atoms with Crippen LogP contribution >= 0.6 is 11.8 Å². The molecule has 0 bridgehead atoms. The number of aryl methyl sites for hydroxylation is 1. The van der Waals surface area contributed by atoms with E-state index in [2.05, 4.69) is 4.98 Å². The molecule has 0 fully saturated rings. The average Bonchev–Trinajstić information content (AvgIpc) is 2.75. The molecule has 1 aromatic carbocycles. The fraction of sp³-hybridized carbons (Fsp3) is 0.250. The summed E-state index contributed by atoms with van der Waals surface area (Å²) in [7, 11) is 1.86. The lowest BCUT2D eigenvalue weighted by molar-refractivity contribution is 0.199. The molecule has 2 rings (SSSR count). The van der Waals surface area contributed by atoms with Crippen LogP contribution in [0.3, 0.4) is 0 Å². The van der Waals surface area contributed by atoms with Gasteiger partial charge < -0.3 is 9.67 Å². The third-order valence-corrected chi connectivity index (χ3v) is 3.38. The number of imidazole rings is 1. The SMILES string of the molecule is Cn1cnc(C(O)CSc2ccc(F)cc2)c1. The number of hydrogen-bond donors (Lipinski definition) is 1. The molecule has 2 aromatic rings. The Labute approximate surface area is 103 Å². The lowest BCUT2D eigenvalue weighted by Crippen LogP contribution is -2.00. The molecular weight excluding hydrogens is 239 g/mol. The predicted molar refractivity (Wildman–Crippen MR) is 65.3 cm³/mol. The van der Waals surface area contributed by atoms with Crippen LogP contribution in [-0.2, 0) is 7.05 Å². The van der Waals surface area contributed by atoms with Crippen LogP contribution in [-0.4, -0.2) is 20.4 Å². The third-order valence-electron chi connectivity index (χ3n) is 2.29. The molecule has 1 aromatic heterocycles. The van der Waals surface area contributed by atoms with Crippen molar-refractivity contribution < 1.29 is 9.50 Å². The van der Waals surface area contributed by atoms with Crippen LogP contribution in [0.1, 0.15) is 11.8 Å². The zero-order chi connectivity index (χ0) is 12.3. The smallest absolute Gasteiger partial charge is 0.123 e. The second-order valence-corrected chi connectivity index (χ2v) is 4.84. The van der Waals surface area contributed by atoms with Gasteiger partial charge in [0.15, 0.2) is 0 Å². The first kappa shape index (κ1) is 12.1. The van der Waals surface area contributed by atoms with Crippen molar-refractivity contribution in [3.8, 4) is 0 Å². The summed E-state index contributed by atoms with van der Waals surface area (Å²) >= 11 is 1.48. The van der Waals surface area contributed by atoms with E-state index >= 15 is 0 Å². The fourth-order valence-electron chi connectivity index (χ4n) is 1.40. The van der Waals surface area contributed by atoms with E-state index in [4.69, 9.17) is 0 Å². The molecule has 0 saturated heterocycles. The van der Waals surface area contributed by atoms with Gasteiger partial charge in [-0.3, -0.25) is 0 Å². The number of nitrogens with zero attached hydrogens (tertiary/aromatic N) is 2. The molecule has 0 amide bonds. The molecule has 0 aliphatic rings. The molecule has 1 heterocycles. The molecule has 0 aliphatic carbocycles. The maximum absolute atomic E-state index is 12.7. The highest BCUT2D eigenvalue weighted by Gasteiger charge is 2.10. The lowest BCUT2D eigenvalue weighted by atomic mass is 10.3. The van der Waals surface area contributed by atoms with Crippen LogP contribution in [0.25, 0.3) is 0 Å². The van der Waals surface area contributed by atoms with E-state index in [1.54, 1.807) is 29.2 Å². The molecule has 3 nitrogen and oxygen atoms in total. The van der Waals surface area contributed by atoms with E-state index in [0.717, 1.165) is 4.90 Å². The summed E-state index contributed by atoms with van der Waals surface area (Å²) in [6.45, 7) is 0. The minimum absolute atomic E-state index is 0.250. The highest BCUT2D eigenvalue weighted by Crippen LogP contribution is 2.23. The minimum Gasteiger partial charge on any atom is -0.386 e. The largest absolute Gasteiger partial charge is 0.386 e. The predicted octanol–water partition coefficient (Wildman–Crippen LogP) is 2.38. The molecule has 90 valence electrons. The van der Waals surface area contributed by atoms with Crippen molar-refractivity contribution in [1.29, 1.82) is 0 Å². The number of hydrogen-bond acceptors (Lipinski definition) is 3. The summed E-state index contributed by atoms with van der Waals surface area (Å²) in [5, 5.41) is 9.88. The van der Waals surface area contributed by atoms with Gasteiger partial charge in [-0.25, -0.2) is 9.37 Å². The zero-order valence-electron chi connectivity index (χ0n) is 9.38. The van der Waals surface area contributed by atoms with Gasteiger partial charge in [0.25, 0.3) is 0 Å². The number of rotatable bonds is 4. The Bertz CT molecular complexity index is 484. The van der Waals surface area contributed by atoms with Crippen LogP contribution in [0.5, 0.6) is 0 Å². The normalized spacial score (nSPS) is 12.6. The molecule has 0 aliphatic heterocycles. The topological polar surface area (TPSA) is 38.0 Å². The van der Waals surface area contributed by atoms with Crippen LogP contribution < -0.4 is 0 Å². The van der Waals surface area contributed by atoms with E-state index in [1.807, 2.05) is 7.05 Å². The van der Waals surface area contributed by atoms with Crippen molar-refractivity contribution in [1.82, 2.24) is 9.55 Å². The molecule has 1 unspecified atom stereocenters. The Hall–Kier alpha value is -1.33. The van der Waals surface area contributed by atoms with E-state index < -0.39 is 6.10 Å². The highest BCUT2D eigenvalue weighted by molar-refractivity contribution is 7.99. The van der Waals surface area contributed by atoms with Gasteiger partial charge in [0.2, 0.25) is 0 Å². The first-order valence-electron chi connectivity index (χ1n) is 5.19. The number of benzene rings is 1. The fourth-order valence-corrected chi connectivity index (χ4v) is 2.25. The highest BCUT2D eigenvalue weighted by atomic mass is 32.2. The molecule has 17 heavy (non-hydrogen) atoms. The summed E-state index contributed by atoms with van der Waals surface area (Å²) < 4.78 is 14.5. The molecule has 5 heteroatoms. The van der Waals surface area contributed by atoms with Crippen molar-refractivity contribution in [3.63, 3.8) is 0 Å². The second-order valence-electron chi connectivity index (χ2n) is 3.74. The Kier molecular flexibility index (Phi) is 3.81. The first-order valence-corrected chi connectivity index (χ1v) is 6.18. The van der Waals surface area contributed by atoms with Crippen molar-refractivity contribution in [2.24, 2.45) is 7.05 Å². The molecule has 1 atom stereocenters. The summed E-state index contributed by atoms with van der Waals surface area (Å²) in [6.07, 6.45) is 2.84. The second kappa shape index (κ2) is 5.33. The van der Waals surface area contributed by atoms with Gasteiger partial charge in [0.1, 0.15) is 11.9 Å². The molecule has 0 radical (unpaired) electrons. The van der Waals surface area contributed by atoms with Gasteiger partial charge in [-0.05, 0) is 24.3 Å². The quantitative estimate of drug-likeness (QED) is 0.849. The number of thioether (sulfide) groups is 1. The lowest BCUT2D eigenvalue weighted by Gasteiger charge is -2.07. The van der Waals surface area contributed by atoms with E-state index in [0.29, 0.717) is 11.4 Å². The summed E-state index contributed by atoms with van der Waals surface area (Å²) in [6, 6.07) is 6.22. The van der Waals surface area contributed by atoms with Crippen LogP contribution in [0, 0.1) is 5.82 Å². The van der Waals surface area contributed by atoms with E-state index in [9.17, 15) is 9.50 Å². The van der Waals surface area contributed by atoms with E-state index in [1.165, 1.54) is 23.9 Å². The van der Waals surface area contributed by atoms with Crippen LogP contribution in [0.4, 0.5) is 4.39 Å². The van der Waals surface area contributed by atoms with Gasteiger partial charge in [0.05, 0.1) is 12.0 Å². The van der Waals surface area contributed by atoms with Crippen molar-refractivity contribution >= 4 is 11.8 Å². The number of aliphatic hydroxyl groups excluding tert-OH is 1. The Morgan fingerprint density at radius 2 is 2.12 bits per heavy atom. The standard InChI is InChI=1S/C12H13FN2OS/c1-15-6-11(14-8-15)12(16)7-17-10-4-2-9(13)3-5-10/h2-6,8,12,16H,7H2,1H3. The van der Waals surface area contributed by atoms with Gasteiger partial charge in [-0.15, -0.1) is 11.8 Å². The van der Waals surface area contributed by atoms with Gasteiger partial charge in [-0.2, -0.15) is 0 Å². The van der Waals surface area contributed by atoms with Crippen molar-refractivity contribution in [2.45, 2.75) is 11.0 Å². The first-order chi connectivity index (χ1) is 8.15. The maximum Gasteiger partial charge on any atom is 0.123 e. The third kappa shape index (κ3) is 3.31. The minimum atomic E-state index is -0.605. The Morgan fingerprint density at radius 1 is 1.41 bits per heavy atom. The van der Waals surface area contributed by atoms with Gasteiger partial charge >= 0.3 is 0 Å². The number of halogens is 1. The average molecular weight is 252 g/mol. The molecule has 1 N–H and O–H groups in total. The maximum atomic E-state index is 12.7. The van der Waals surface area contributed by atoms with Crippen LogP contribution in [0.15, 0.2) is 41.7 Å². The molecule has 0 saturated carbocycles. The summed E-state index contributed by atoms with van der Waals surface area (Å²) in [4.78, 5) is 5.01.